The normalized spacial score (nSPS) is 53.3. The van der Waals surface area contributed by atoms with Gasteiger partial charge in [0.15, 0.2) is 6.29 Å². The predicted octanol–water partition coefficient (Wildman–Crippen LogP) is 4.57. The van der Waals surface area contributed by atoms with Gasteiger partial charge in [-0.3, -0.25) is 9.59 Å². The van der Waals surface area contributed by atoms with Gasteiger partial charge in [0, 0.05) is 36.0 Å². The van der Waals surface area contributed by atoms with Crippen molar-refractivity contribution in [2.24, 2.45) is 45.3 Å². The summed E-state index contributed by atoms with van der Waals surface area (Å²) in [6.07, 6.45) is 4.28. The average molecular weight is 545 g/mol. The van der Waals surface area contributed by atoms with E-state index in [9.17, 15) is 19.8 Å². The summed E-state index contributed by atoms with van der Waals surface area (Å²) in [4.78, 5) is 25.6. The molecule has 0 amide bonds. The van der Waals surface area contributed by atoms with E-state index in [1.165, 1.54) is 12.5 Å². The minimum Gasteiger partial charge on any atom is -0.462 e. The maximum Gasteiger partial charge on any atom is 0.302 e. The Balaban J connectivity index is 1.38. The van der Waals surface area contributed by atoms with Crippen molar-refractivity contribution in [1.29, 1.82) is 0 Å². The first-order valence-corrected chi connectivity index (χ1v) is 15.1. The molecule has 0 aromatic carbocycles. The fourth-order valence-corrected chi connectivity index (χ4v) is 11.1. The van der Waals surface area contributed by atoms with Crippen molar-refractivity contribution < 1.29 is 34.0 Å². The molecule has 2 N–H and O–H groups in total. The summed E-state index contributed by atoms with van der Waals surface area (Å²) < 4.78 is 18.1. The fourth-order valence-electron chi connectivity index (χ4n) is 11.1. The van der Waals surface area contributed by atoms with Crippen molar-refractivity contribution in [3.05, 3.63) is 11.6 Å². The van der Waals surface area contributed by atoms with Crippen LogP contribution >= 0.6 is 0 Å². The van der Waals surface area contributed by atoms with Crippen LogP contribution in [-0.4, -0.2) is 58.3 Å². The Morgan fingerprint density at radius 2 is 1.74 bits per heavy atom. The van der Waals surface area contributed by atoms with Crippen molar-refractivity contribution in [1.82, 2.24) is 0 Å². The topological polar surface area (TPSA) is 106 Å². The number of carbonyl (C=O) groups is 2. The quantitative estimate of drug-likeness (QED) is 0.305. The molecular weight excluding hydrogens is 496 g/mol. The molecule has 0 spiro atoms. The second-order valence-corrected chi connectivity index (χ2v) is 15.6. The number of hydrogen-bond donors (Lipinski definition) is 2. The van der Waals surface area contributed by atoms with E-state index in [2.05, 4.69) is 40.7 Å². The summed E-state index contributed by atoms with van der Waals surface area (Å²) in [7, 11) is 0. The molecule has 2 heterocycles. The van der Waals surface area contributed by atoms with E-state index < -0.39 is 29.3 Å². The van der Waals surface area contributed by atoms with Gasteiger partial charge in [-0.05, 0) is 68.6 Å². The smallest absolute Gasteiger partial charge is 0.302 e. The molecule has 0 unspecified atom stereocenters. The Hall–Kier alpha value is -1.28. The number of aliphatic hydroxyl groups excluding tert-OH is 2. The number of carbonyl (C=O) groups excluding carboxylic acids is 2. The van der Waals surface area contributed by atoms with Crippen LogP contribution in [0.5, 0.6) is 0 Å². The first-order valence-electron chi connectivity index (χ1n) is 15.1. The van der Waals surface area contributed by atoms with Crippen LogP contribution in [0.1, 0.15) is 93.9 Å². The van der Waals surface area contributed by atoms with Gasteiger partial charge < -0.3 is 24.4 Å². The zero-order valence-electron chi connectivity index (χ0n) is 25.0. The molecule has 2 aliphatic heterocycles. The molecule has 218 valence electrons. The summed E-state index contributed by atoms with van der Waals surface area (Å²) in [5.74, 6) is -0.149. The van der Waals surface area contributed by atoms with E-state index in [4.69, 9.17) is 14.2 Å². The average Bonchev–Trinajstić information content (AvgIpc) is 3.10. The van der Waals surface area contributed by atoms with Crippen molar-refractivity contribution >= 4 is 11.8 Å². The van der Waals surface area contributed by atoms with Crippen molar-refractivity contribution in [3.8, 4) is 0 Å². The third kappa shape index (κ3) is 3.68. The van der Waals surface area contributed by atoms with E-state index >= 15 is 0 Å². The number of fused-ring (bicyclic) bond motifs is 5. The highest BCUT2D eigenvalue weighted by atomic mass is 16.7. The number of rotatable bonds is 3. The van der Waals surface area contributed by atoms with E-state index in [1.807, 2.05) is 13.8 Å². The molecule has 5 fully saturated rings. The summed E-state index contributed by atoms with van der Waals surface area (Å²) in [6.45, 7) is 16.4. The number of ether oxygens (including phenoxy) is 3. The fraction of sp³-hybridized carbons (Fsp3) is 0.875. The van der Waals surface area contributed by atoms with Crippen LogP contribution in [0.2, 0.25) is 0 Å². The van der Waals surface area contributed by atoms with Crippen molar-refractivity contribution in [2.45, 2.75) is 130 Å². The lowest BCUT2D eigenvalue weighted by Crippen LogP contribution is -2.68. The highest BCUT2D eigenvalue weighted by Gasteiger charge is 2.72. The first kappa shape index (κ1) is 27.9. The third-order valence-electron chi connectivity index (χ3n) is 12.8. The molecule has 0 bridgehead atoms. The number of ketones is 1. The van der Waals surface area contributed by atoms with Gasteiger partial charge in [-0.1, -0.05) is 46.3 Å². The Bertz CT molecular complexity index is 1110. The summed E-state index contributed by atoms with van der Waals surface area (Å²) >= 11 is 0. The Morgan fingerprint density at radius 1 is 1.08 bits per heavy atom. The molecular formula is C32H48O7. The van der Waals surface area contributed by atoms with Crippen molar-refractivity contribution in [3.63, 3.8) is 0 Å². The monoisotopic (exact) mass is 544 g/mol. The molecule has 0 radical (unpaired) electrons. The SMILES string of the molecule is CC(=O)O[C@@H]1C[C@H]2C(C)(C)C(=O)CC[C@]2(C)[C@H]2[C@H](O)C[C@]3(C)C(=CC[C@H]3[C@@H]3C[C@@H]([C@@H]4OC4(C)C)O[C@H]3O)[C@@]21C. The van der Waals surface area contributed by atoms with Crippen LogP contribution in [-0.2, 0) is 23.8 Å². The van der Waals surface area contributed by atoms with E-state index in [1.54, 1.807) is 0 Å². The van der Waals surface area contributed by atoms with Gasteiger partial charge in [0.25, 0.3) is 0 Å². The van der Waals surface area contributed by atoms with E-state index in [-0.39, 0.29) is 64.1 Å². The van der Waals surface area contributed by atoms with Gasteiger partial charge >= 0.3 is 5.97 Å². The Kier molecular flexibility index (Phi) is 6.00. The molecule has 7 heteroatoms. The lowest BCUT2D eigenvalue weighted by Gasteiger charge is -2.68. The largest absolute Gasteiger partial charge is 0.462 e. The highest BCUT2D eigenvalue weighted by molar-refractivity contribution is 5.85. The number of aliphatic hydroxyl groups is 2. The van der Waals surface area contributed by atoms with Crippen LogP contribution in [0.3, 0.4) is 0 Å². The maximum atomic E-state index is 13.1. The van der Waals surface area contributed by atoms with Crippen LogP contribution in [0, 0.1) is 45.3 Å². The van der Waals surface area contributed by atoms with Crippen LogP contribution in [0.4, 0.5) is 0 Å². The molecule has 2 saturated heterocycles. The summed E-state index contributed by atoms with van der Waals surface area (Å²) in [6, 6.07) is 0. The molecule has 4 aliphatic carbocycles. The van der Waals surface area contributed by atoms with Crippen LogP contribution < -0.4 is 0 Å². The standard InChI is InChI=1S/C32H48O7/c1-16(33)37-24-14-22-28(2,3)23(35)11-12-30(22,6)25-19(34)15-31(7)18(9-10-21(31)32(24,25)8)17-13-20(38-27(17)36)26-29(4,5)39-26/h10,17-20,22,24-27,34,36H,9,11-15H2,1-8H3/t17-,18-,19+,20-,22-,24+,25+,26-,27+,30-,31-,32+/m0/s1. The number of epoxide rings is 1. The molecule has 6 aliphatic rings. The lowest BCUT2D eigenvalue weighted by atomic mass is 9.36. The predicted molar refractivity (Wildman–Crippen MR) is 144 cm³/mol. The zero-order valence-corrected chi connectivity index (χ0v) is 25.0. The highest BCUT2D eigenvalue weighted by Crippen LogP contribution is 2.73. The Morgan fingerprint density at radius 3 is 2.36 bits per heavy atom. The molecule has 12 atom stereocenters. The van der Waals surface area contributed by atoms with Gasteiger partial charge in [-0.15, -0.1) is 0 Å². The molecule has 6 rings (SSSR count). The van der Waals surface area contributed by atoms with Gasteiger partial charge in [-0.2, -0.15) is 0 Å². The second-order valence-electron chi connectivity index (χ2n) is 15.6. The first-order chi connectivity index (χ1) is 18.0. The summed E-state index contributed by atoms with van der Waals surface area (Å²) in [5.41, 5.74) is -0.702. The van der Waals surface area contributed by atoms with Crippen LogP contribution in [0.25, 0.3) is 0 Å². The molecule has 3 saturated carbocycles. The van der Waals surface area contributed by atoms with Gasteiger partial charge in [0.05, 0.1) is 17.8 Å². The maximum absolute atomic E-state index is 13.1. The number of esters is 1. The molecule has 39 heavy (non-hydrogen) atoms. The minimum absolute atomic E-state index is 0.00132. The second kappa shape index (κ2) is 8.39. The zero-order chi connectivity index (χ0) is 28.5. The summed E-state index contributed by atoms with van der Waals surface area (Å²) in [5, 5.41) is 23.3. The van der Waals surface area contributed by atoms with Crippen LogP contribution in [0.15, 0.2) is 11.6 Å². The van der Waals surface area contributed by atoms with Gasteiger partial charge in [-0.25, -0.2) is 0 Å². The Labute approximate surface area is 233 Å². The third-order valence-corrected chi connectivity index (χ3v) is 12.8. The van der Waals surface area contributed by atoms with Crippen molar-refractivity contribution in [2.75, 3.05) is 0 Å². The number of hydrogen-bond acceptors (Lipinski definition) is 7. The molecule has 0 aromatic rings. The minimum atomic E-state index is -0.866. The van der Waals surface area contributed by atoms with E-state index in [0.717, 1.165) is 19.3 Å². The lowest BCUT2D eigenvalue weighted by molar-refractivity contribution is -0.229. The molecule has 0 aromatic heterocycles. The van der Waals surface area contributed by atoms with E-state index in [0.29, 0.717) is 19.3 Å². The van der Waals surface area contributed by atoms with Gasteiger partial charge in [0.2, 0.25) is 0 Å². The van der Waals surface area contributed by atoms with Gasteiger partial charge in [0.1, 0.15) is 18.0 Å². The number of Topliss-reactive ketones (excluding diaryl/α,β-unsaturated/α-hetero) is 1. The molecule has 7 nitrogen and oxygen atoms in total. The number of allylic oxidation sites excluding steroid dienone is 1.